The lowest BCUT2D eigenvalue weighted by atomic mass is 9.91. The standard InChI is InChI=1S/C11H14O2/c12-11-7-6-10(8-13-11)9-4-2-1-3-5-9/h6-7H,1-5,8H2. The Morgan fingerprint density at radius 1 is 1.08 bits per heavy atom. The molecule has 0 radical (unpaired) electrons. The molecule has 0 spiro atoms. The third-order valence-corrected chi connectivity index (χ3v) is 2.70. The van der Waals surface area contributed by atoms with Crippen LogP contribution in [0.2, 0.25) is 0 Å². The Kier molecular flexibility index (Phi) is 2.48. The van der Waals surface area contributed by atoms with Gasteiger partial charge in [-0.2, -0.15) is 0 Å². The molecule has 1 saturated carbocycles. The van der Waals surface area contributed by atoms with E-state index in [0.29, 0.717) is 6.61 Å². The minimum Gasteiger partial charge on any atom is -0.458 e. The van der Waals surface area contributed by atoms with Gasteiger partial charge in [0.1, 0.15) is 6.61 Å². The van der Waals surface area contributed by atoms with Crippen LogP contribution in [0.25, 0.3) is 0 Å². The van der Waals surface area contributed by atoms with Gasteiger partial charge in [-0.1, -0.05) is 12.0 Å². The number of allylic oxidation sites excluding steroid dienone is 1. The highest BCUT2D eigenvalue weighted by Gasteiger charge is 2.13. The summed E-state index contributed by atoms with van der Waals surface area (Å²) < 4.78 is 4.96. The predicted molar refractivity (Wildman–Crippen MR) is 50.2 cm³/mol. The van der Waals surface area contributed by atoms with Gasteiger partial charge in [-0.3, -0.25) is 0 Å². The van der Waals surface area contributed by atoms with E-state index in [4.69, 9.17) is 4.74 Å². The number of hydrogen-bond donors (Lipinski definition) is 0. The molecule has 1 heterocycles. The first-order valence-corrected chi connectivity index (χ1v) is 4.92. The van der Waals surface area contributed by atoms with E-state index in [1.54, 1.807) is 0 Å². The van der Waals surface area contributed by atoms with Crippen molar-refractivity contribution in [2.45, 2.75) is 32.1 Å². The number of carbonyl (C=O) groups excluding carboxylic acids is 1. The van der Waals surface area contributed by atoms with Crippen molar-refractivity contribution in [3.8, 4) is 0 Å². The van der Waals surface area contributed by atoms with E-state index in [1.807, 2.05) is 6.08 Å². The van der Waals surface area contributed by atoms with E-state index in [2.05, 4.69) is 0 Å². The molecule has 70 valence electrons. The summed E-state index contributed by atoms with van der Waals surface area (Å²) in [4.78, 5) is 10.8. The lowest BCUT2D eigenvalue weighted by Gasteiger charge is -2.19. The molecule has 13 heavy (non-hydrogen) atoms. The molecule has 0 aromatic carbocycles. The summed E-state index contributed by atoms with van der Waals surface area (Å²) in [5.41, 5.74) is 2.73. The Hall–Kier alpha value is -1.05. The fraction of sp³-hybridized carbons (Fsp3) is 0.545. The van der Waals surface area contributed by atoms with Crippen LogP contribution in [0.4, 0.5) is 0 Å². The van der Waals surface area contributed by atoms with Gasteiger partial charge in [0.15, 0.2) is 0 Å². The van der Waals surface area contributed by atoms with Crippen molar-refractivity contribution in [2.75, 3.05) is 6.61 Å². The molecule has 0 unspecified atom stereocenters. The topological polar surface area (TPSA) is 26.3 Å². The van der Waals surface area contributed by atoms with Crippen LogP contribution in [0.3, 0.4) is 0 Å². The van der Waals surface area contributed by atoms with Crippen LogP contribution >= 0.6 is 0 Å². The maximum absolute atomic E-state index is 10.8. The van der Waals surface area contributed by atoms with E-state index in [1.165, 1.54) is 49.3 Å². The van der Waals surface area contributed by atoms with Crippen LogP contribution < -0.4 is 0 Å². The van der Waals surface area contributed by atoms with E-state index in [9.17, 15) is 4.79 Å². The van der Waals surface area contributed by atoms with E-state index < -0.39 is 0 Å². The summed E-state index contributed by atoms with van der Waals surface area (Å²) in [5, 5.41) is 0. The zero-order valence-corrected chi connectivity index (χ0v) is 7.71. The first-order chi connectivity index (χ1) is 6.36. The smallest absolute Gasteiger partial charge is 0.331 e. The SMILES string of the molecule is O=C1C=CC(=C2CCCCC2)CO1. The van der Waals surface area contributed by atoms with E-state index >= 15 is 0 Å². The Morgan fingerprint density at radius 3 is 2.46 bits per heavy atom. The van der Waals surface area contributed by atoms with Crippen LogP contribution in [0.1, 0.15) is 32.1 Å². The number of carbonyl (C=O) groups is 1. The molecule has 2 heteroatoms. The molecule has 0 saturated heterocycles. The zero-order valence-electron chi connectivity index (χ0n) is 7.71. The molecule has 0 N–H and O–H groups in total. The number of rotatable bonds is 0. The highest BCUT2D eigenvalue weighted by Crippen LogP contribution is 2.27. The third-order valence-electron chi connectivity index (χ3n) is 2.70. The van der Waals surface area contributed by atoms with Crippen LogP contribution in [-0.2, 0) is 9.53 Å². The Bertz CT molecular complexity index is 266. The van der Waals surface area contributed by atoms with Crippen molar-refractivity contribution in [3.63, 3.8) is 0 Å². The molecule has 0 aromatic rings. The van der Waals surface area contributed by atoms with Crippen molar-refractivity contribution in [3.05, 3.63) is 23.3 Å². The van der Waals surface area contributed by atoms with Crippen molar-refractivity contribution >= 4 is 5.97 Å². The van der Waals surface area contributed by atoms with Crippen LogP contribution in [0, 0.1) is 0 Å². The fourth-order valence-electron chi connectivity index (χ4n) is 1.93. The van der Waals surface area contributed by atoms with Crippen LogP contribution in [-0.4, -0.2) is 12.6 Å². The highest BCUT2D eigenvalue weighted by molar-refractivity contribution is 5.84. The minimum atomic E-state index is -0.208. The monoisotopic (exact) mass is 178 g/mol. The summed E-state index contributed by atoms with van der Waals surface area (Å²) in [6, 6.07) is 0. The summed E-state index contributed by atoms with van der Waals surface area (Å²) in [5.74, 6) is -0.208. The van der Waals surface area contributed by atoms with Gasteiger partial charge in [-0.25, -0.2) is 4.79 Å². The molecule has 2 aliphatic rings. The minimum absolute atomic E-state index is 0.208. The van der Waals surface area contributed by atoms with Gasteiger partial charge in [0.2, 0.25) is 0 Å². The quantitative estimate of drug-likeness (QED) is 0.532. The Morgan fingerprint density at radius 2 is 1.85 bits per heavy atom. The van der Waals surface area contributed by atoms with Gasteiger partial charge in [-0.05, 0) is 37.3 Å². The van der Waals surface area contributed by atoms with Crippen molar-refractivity contribution < 1.29 is 9.53 Å². The fourth-order valence-corrected chi connectivity index (χ4v) is 1.93. The first kappa shape index (κ1) is 8.54. The summed E-state index contributed by atoms with van der Waals surface area (Å²) in [6.45, 7) is 0.491. The molecule has 2 nitrogen and oxygen atoms in total. The van der Waals surface area contributed by atoms with Gasteiger partial charge in [-0.15, -0.1) is 0 Å². The van der Waals surface area contributed by atoms with Crippen LogP contribution in [0.5, 0.6) is 0 Å². The normalized spacial score (nSPS) is 23.2. The Balaban J connectivity index is 2.13. The van der Waals surface area contributed by atoms with E-state index in [-0.39, 0.29) is 5.97 Å². The number of ether oxygens (including phenoxy) is 1. The van der Waals surface area contributed by atoms with Gasteiger partial charge in [0, 0.05) is 6.08 Å². The molecule has 0 atom stereocenters. The Labute approximate surface area is 78.3 Å². The van der Waals surface area contributed by atoms with Crippen molar-refractivity contribution in [2.24, 2.45) is 0 Å². The lowest BCUT2D eigenvalue weighted by molar-refractivity contribution is -0.137. The largest absolute Gasteiger partial charge is 0.458 e. The number of hydrogen-bond acceptors (Lipinski definition) is 2. The van der Waals surface area contributed by atoms with Gasteiger partial charge in [0.25, 0.3) is 0 Å². The zero-order chi connectivity index (χ0) is 9.10. The average Bonchev–Trinajstić information content (AvgIpc) is 2.20. The molecule has 1 aliphatic carbocycles. The summed E-state index contributed by atoms with van der Waals surface area (Å²) in [6.07, 6.45) is 9.77. The number of cyclic esters (lactones) is 1. The second kappa shape index (κ2) is 3.77. The van der Waals surface area contributed by atoms with Gasteiger partial charge < -0.3 is 4.74 Å². The van der Waals surface area contributed by atoms with Gasteiger partial charge in [0.05, 0.1) is 0 Å². The second-order valence-corrected chi connectivity index (χ2v) is 3.63. The molecule has 1 aliphatic heterocycles. The third kappa shape index (κ3) is 2.00. The maximum atomic E-state index is 10.8. The molecular weight excluding hydrogens is 164 g/mol. The second-order valence-electron chi connectivity index (χ2n) is 3.63. The molecule has 2 rings (SSSR count). The highest BCUT2D eigenvalue weighted by atomic mass is 16.5. The lowest BCUT2D eigenvalue weighted by Crippen LogP contribution is -2.11. The molecule has 0 aromatic heterocycles. The maximum Gasteiger partial charge on any atom is 0.331 e. The first-order valence-electron chi connectivity index (χ1n) is 4.92. The average molecular weight is 178 g/mol. The summed E-state index contributed by atoms with van der Waals surface area (Å²) >= 11 is 0. The molecule has 1 fully saturated rings. The molecule has 0 amide bonds. The number of esters is 1. The van der Waals surface area contributed by atoms with Crippen molar-refractivity contribution in [1.29, 1.82) is 0 Å². The predicted octanol–water partition coefficient (Wildman–Crippen LogP) is 2.36. The molecule has 0 bridgehead atoms. The molecular formula is C11H14O2. The van der Waals surface area contributed by atoms with Gasteiger partial charge >= 0.3 is 5.97 Å². The van der Waals surface area contributed by atoms with Crippen molar-refractivity contribution in [1.82, 2.24) is 0 Å². The van der Waals surface area contributed by atoms with Crippen LogP contribution in [0.15, 0.2) is 23.3 Å². The van der Waals surface area contributed by atoms with E-state index in [0.717, 1.165) is 0 Å². The summed E-state index contributed by atoms with van der Waals surface area (Å²) in [7, 11) is 0.